The standard InChI is InChI=1S/C34H54N2O2/c1-31(2,3)25-18-24(29(37)28(19-25)34(10,11)12)21-36-15-13-14-35(22-36)20-23-16-26(32(4,5)6)30(38)27(17-23)33(7,8)9/h16-19,37-38H,13-15,20-22H2,1-12H3. The molecule has 0 spiro atoms. The van der Waals surface area contributed by atoms with Gasteiger partial charge in [0, 0.05) is 31.7 Å². The molecular weight excluding hydrogens is 468 g/mol. The molecule has 2 N–H and O–H groups in total. The molecule has 0 atom stereocenters. The molecule has 4 heteroatoms. The van der Waals surface area contributed by atoms with Crippen LogP contribution in [0.5, 0.6) is 11.5 Å². The summed E-state index contributed by atoms with van der Waals surface area (Å²) in [5.74, 6) is 0.892. The number of hydrogen-bond acceptors (Lipinski definition) is 4. The van der Waals surface area contributed by atoms with Crippen molar-refractivity contribution in [2.75, 3.05) is 19.8 Å². The van der Waals surface area contributed by atoms with Crippen molar-refractivity contribution in [3.63, 3.8) is 0 Å². The van der Waals surface area contributed by atoms with Crippen LogP contribution in [0.1, 0.15) is 123 Å². The molecule has 212 valence electrons. The number of benzene rings is 2. The summed E-state index contributed by atoms with van der Waals surface area (Å²) in [7, 11) is 0. The molecule has 1 fully saturated rings. The Morgan fingerprint density at radius 3 is 1.47 bits per heavy atom. The molecule has 0 amide bonds. The van der Waals surface area contributed by atoms with Crippen molar-refractivity contribution < 1.29 is 10.2 Å². The summed E-state index contributed by atoms with van der Waals surface area (Å²) in [4.78, 5) is 4.97. The second-order valence-corrected chi connectivity index (χ2v) is 15.7. The monoisotopic (exact) mass is 522 g/mol. The van der Waals surface area contributed by atoms with E-state index in [9.17, 15) is 10.2 Å². The molecule has 1 saturated heterocycles. The third kappa shape index (κ3) is 7.12. The summed E-state index contributed by atoms with van der Waals surface area (Å²) in [6, 6.07) is 8.83. The van der Waals surface area contributed by atoms with Gasteiger partial charge < -0.3 is 10.2 Å². The summed E-state index contributed by atoms with van der Waals surface area (Å²) < 4.78 is 0. The van der Waals surface area contributed by atoms with Crippen molar-refractivity contribution in [3.05, 3.63) is 57.6 Å². The first-order valence-electron chi connectivity index (χ1n) is 14.4. The molecule has 0 radical (unpaired) electrons. The molecule has 0 aliphatic carbocycles. The number of nitrogens with zero attached hydrogens (tertiary/aromatic N) is 2. The van der Waals surface area contributed by atoms with Crippen LogP contribution in [0.4, 0.5) is 0 Å². The Labute approximate surface area is 233 Å². The van der Waals surface area contributed by atoms with Gasteiger partial charge in [0.2, 0.25) is 0 Å². The Morgan fingerprint density at radius 2 is 1.03 bits per heavy atom. The molecule has 1 aliphatic rings. The van der Waals surface area contributed by atoms with Crippen molar-refractivity contribution in [1.82, 2.24) is 9.80 Å². The van der Waals surface area contributed by atoms with E-state index in [1.165, 1.54) is 11.1 Å². The van der Waals surface area contributed by atoms with Crippen LogP contribution in [-0.2, 0) is 34.7 Å². The molecular formula is C34H54N2O2. The highest BCUT2D eigenvalue weighted by Crippen LogP contribution is 2.41. The van der Waals surface area contributed by atoms with E-state index in [-0.39, 0.29) is 21.7 Å². The molecule has 0 bridgehead atoms. The number of phenolic OH excluding ortho intramolecular Hbond substituents is 2. The summed E-state index contributed by atoms with van der Waals surface area (Å²) in [5, 5.41) is 22.5. The van der Waals surface area contributed by atoms with Crippen LogP contribution < -0.4 is 0 Å². The minimum Gasteiger partial charge on any atom is -0.507 e. The van der Waals surface area contributed by atoms with Crippen molar-refractivity contribution in [2.45, 2.75) is 124 Å². The third-order valence-electron chi connectivity index (χ3n) is 7.80. The molecule has 4 nitrogen and oxygen atoms in total. The topological polar surface area (TPSA) is 46.9 Å². The van der Waals surface area contributed by atoms with E-state index in [1.54, 1.807) is 0 Å². The largest absolute Gasteiger partial charge is 0.507 e. The summed E-state index contributed by atoms with van der Waals surface area (Å²) >= 11 is 0. The van der Waals surface area contributed by atoms with Gasteiger partial charge in [0.25, 0.3) is 0 Å². The molecule has 1 heterocycles. The predicted molar refractivity (Wildman–Crippen MR) is 161 cm³/mol. The summed E-state index contributed by atoms with van der Waals surface area (Å²) in [6.45, 7) is 30.8. The van der Waals surface area contributed by atoms with E-state index >= 15 is 0 Å². The fourth-order valence-electron chi connectivity index (χ4n) is 5.45. The molecule has 0 aromatic heterocycles. The van der Waals surface area contributed by atoms with Gasteiger partial charge in [0.15, 0.2) is 0 Å². The van der Waals surface area contributed by atoms with Crippen LogP contribution >= 0.6 is 0 Å². The predicted octanol–water partition coefficient (Wildman–Crippen LogP) is 7.95. The van der Waals surface area contributed by atoms with Gasteiger partial charge in [-0.2, -0.15) is 0 Å². The second kappa shape index (κ2) is 10.5. The highest BCUT2D eigenvalue weighted by atomic mass is 16.3. The second-order valence-electron chi connectivity index (χ2n) is 15.7. The van der Waals surface area contributed by atoms with E-state index in [1.807, 2.05) is 0 Å². The van der Waals surface area contributed by atoms with Gasteiger partial charge in [0.05, 0.1) is 6.67 Å². The number of hydrogen-bond donors (Lipinski definition) is 2. The molecule has 2 aromatic carbocycles. The fourth-order valence-corrected chi connectivity index (χ4v) is 5.45. The molecule has 1 aliphatic heterocycles. The Kier molecular flexibility index (Phi) is 8.43. The molecule has 0 unspecified atom stereocenters. The first-order chi connectivity index (χ1) is 17.2. The molecule has 3 rings (SSSR count). The molecule has 0 saturated carbocycles. The van der Waals surface area contributed by atoms with E-state index in [0.717, 1.165) is 61.5 Å². The number of rotatable bonds is 4. The zero-order valence-corrected chi connectivity index (χ0v) is 26.3. The Hall–Kier alpha value is -2.04. The van der Waals surface area contributed by atoms with Crippen LogP contribution in [0.25, 0.3) is 0 Å². The lowest BCUT2D eigenvalue weighted by molar-refractivity contribution is 0.0738. The lowest BCUT2D eigenvalue weighted by Gasteiger charge is -2.37. The highest BCUT2D eigenvalue weighted by molar-refractivity contribution is 5.50. The van der Waals surface area contributed by atoms with Crippen molar-refractivity contribution in [3.8, 4) is 11.5 Å². The zero-order chi connectivity index (χ0) is 28.8. The van der Waals surface area contributed by atoms with Gasteiger partial charge in [-0.25, -0.2) is 0 Å². The quantitative estimate of drug-likeness (QED) is 0.428. The van der Waals surface area contributed by atoms with E-state index < -0.39 is 0 Å². The third-order valence-corrected chi connectivity index (χ3v) is 7.80. The van der Waals surface area contributed by atoms with Gasteiger partial charge in [-0.1, -0.05) is 107 Å². The van der Waals surface area contributed by atoms with Crippen LogP contribution in [0.2, 0.25) is 0 Å². The van der Waals surface area contributed by atoms with Gasteiger partial charge in [0.1, 0.15) is 11.5 Å². The first kappa shape index (κ1) is 30.5. The summed E-state index contributed by atoms with van der Waals surface area (Å²) in [6.07, 6.45) is 1.10. The van der Waals surface area contributed by atoms with Gasteiger partial charge in [-0.15, -0.1) is 0 Å². The Morgan fingerprint density at radius 1 is 0.579 bits per heavy atom. The van der Waals surface area contributed by atoms with Crippen molar-refractivity contribution in [1.29, 1.82) is 0 Å². The normalized spacial score (nSPS) is 16.7. The molecule has 38 heavy (non-hydrogen) atoms. The maximum absolute atomic E-state index is 11.3. The zero-order valence-electron chi connectivity index (χ0n) is 26.3. The van der Waals surface area contributed by atoms with E-state index in [0.29, 0.717) is 11.5 Å². The Bertz CT molecular complexity index is 1100. The van der Waals surface area contributed by atoms with E-state index in [4.69, 9.17) is 0 Å². The van der Waals surface area contributed by atoms with Gasteiger partial charge >= 0.3 is 0 Å². The van der Waals surface area contributed by atoms with Crippen LogP contribution in [0.3, 0.4) is 0 Å². The SMILES string of the molecule is CC(C)(C)c1cc(CN2CCCN(Cc3cc(C(C)(C)C)c(O)c(C(C)(C)C)c3)C2)c(O)c(C(C)(C)C)c1. The lowest BCUT2D eigenvalue weighted by Crippen LogP contribution is -2.44. The lowest BCUT2D eigenvalue weighted by atomic mass is 9.78. The minimum absolute atomic E-state index is 0.0186. The highest BCUT2D eigenvalue weighted by Gasteiger charge is 2.29. The van der Waals surface area contributed by atoms with Gasteiger partial charge in [-0.05, 0) is 55.9 Å². The smallest absolute Gasteiger partial charge is 0.123 e. The van der Waals surface area contributed by atoms with Crippen molar-refractivity contribution >= 4 is 0 Å². The Balaban J connectivity index is 1.89. The minimum atomic E-state index is -0.131. The molecule has 2 aromatic rings. The van der Waals surface area contributed by atoms with Crippen LogP contribution in [0.15, 0.2) is 24.3 Å². The maximum Gasteiger partial charge on any atom is 0.123 e. The van der Waals surface area contributed by atoms with Crippen LogP contribution in [0, 0.1) is 0 Å². The van der Waals surface area contributed by atoms with Crippen LogP contribution in [-0.4, -0.2) is 39.8 Å². The van der Waals surface area contributed by atoms with E-state index in [2.05, 4.69) is 117 Å². The number of phenols is 2. The average Bonchev–Trinajstić information content (AvgIpc) is 2.73. The fraction of sp³-hybridized carbons (Fsp3) is 0.647. The van der Waals surface area contributed by atoms with Gasteiger partial charge in [-0.3, -0.25) is 9.80 Å². The maximum atomic E-state index is 11.3. The first-order valence-corrected chi connectivity index (χ1v) is 14.4. The average molecular weight is 523 g/mol. The number of aromatic hydroxyl groups is 2. The summed E-state index contributed by atoms with van der Waals surface area (Å²) in [5.41, 5.74) is 6.27. The van der Waals surface area contributed by atoms with Crippen molar-refractivity contribution in [2.24, 2.45) is 0 Å².